The molecule has 0 bridgehead atoms. The predicted octanol–water partition coefficient (Wildman–Crippen LogP) is 1.63. The Morgan fingerprint density at radius 2 is 1.90 bits per heavy atom. The number of morpholine rings is 1. The van der Waals surface area contributed by atoms with Gasteiger partial charge in [0.2, 0.25) is 10.0 Å². The van der Waals surface area contributed by atoms with E-state index in [1.165, 1.54) is 7.05 Å². The van der Waals surface area contributed by atoms with Crippen molar-refractivity contribution in [3.8, 4) is 0 Å². The normalized spacial score (nSPS) is 17.3. The van der Waals surface area contributed by atoms with Crippen molar-refractivity contribution in [3.63, 3.8) is 0 Å². The number of sulfonamides is 1. The molecule has 29 heavy (non-hydrogen) atoms. The molecule has 1 fully saturated rings. The molecule has 0 atom stereocenters. The van der Waals surface area contributed by atoms with Crippen molar-refractivity contribution in [3.05, 3.63) is 59.2 Å². The van der Waals surface area contributed by atoms with Crippen LogP contribution in [0.2, 0.25) is 0 Å². The van der Waals surface area contributed by atoms with E-state index in [-0.39, 0.29) is 10.8 Å². The number of anilines is 1. The third-order valence-corrected chi connectivity index (χ3v) is 6.87. The molecule has 0 unspecified atom stereocenters. The second-order valence-corrected chi connectivity index (χ2v) is 9.18. The van der Waals surface area contributed by atoms with Gasteiger partial charge in [0.1, 0.15) is 0 Å². The van der Waals surface area contributed by atoms with Gasteiger partial charge < -0.3 is 9.64 Å². The maximum absolute atomic E-state index is 13.2. The van der Waals surface area contributed by atoms with E-state index in [0.717, 1.165) is 49.7 Å². The molecule has 0 saturated carbocycles. The number of carbonyl (C=O) groups excluding carboxylic acids is 1. The maximum Gasteiger partial charge on any atom is 0.258 e. The number of benzene rings is 2. The number of rotatable bonds is 5. The van der Waals surface area contributed by atoms with Crippen LogP contribution in [0.1, 0.15) is 21.5 Å². The Labute approximate surface area is 171 Å². The highest BCUT2D eigenvalue weighted by atomic mass is 32.2. The van der Waals surface area contributed by atoms with Gasteiger partial charge in [0.05, 0.1) is 18.1 Å². The first-order valence-electron chi connectivity index (χ1n) is 9.75. The van der Waals surface area contributed by atoms with Gasteiger partial charge in [0, 0.05) is 37.4 Å². The first kappa shape index (κ1) is 20.0. The lowest BCUT2D eigenvalue weighted by atomic mass is 10.1. The molecule has 8 heteroatoms. The van der Waals surface area contributed by atoms with Crippen LogP contribution in [0.5, 0.6) is 0 Å². The number of carbonyl (C=O) groups is 1. The summed E-state index contributed by atoms with van der Waals surface area (Å²) in [4.78, 5) is 17.4. The van der Waals surface area contributed by atoms with Crippen molar-refractivity contribution >= 4 is 21.6 Å². The van der Waals surface area contributed by atoms with E-state index in [1.807, 2.05) is 24.3 Å². The Morgan fingerprint density at radius 3 is 2.66 bits per heavy atom. The summed E-state index contributed by atoms with van der Waals surface area (Å²) in [5.74, 6) is -0.0585. The second kappa shape index (κ2) is 8.23. The van der Waals surface area contributed by atoms with Crippen molar-refractivity contribution in [2.45, 2.75) is 17.9 Å². The molecule has 4 rings (SSSR count). The lowest BCUT2D eigenvalue weighted by Crippen LogP contribution is -2.35. The molecular weight excluding hydrogens is 390 g/mol. The molecule has 0 aliphatic carbocycles. The van der Waals surface area contributed by atoms with Gasteiger partial charge in [-0.25, -0.2) is 13.1 Å². The van der Waals surface area contributed by atoms with Gasteiger partial charge >= 0.3 is 0 Å². The Morgan fingerprint density at radius 1 is 1.10 bits per heavy atom. The van der Waals surface area contributed by atoms with Crippen molar-refractivity contribution < 1.29 is 17.9 Å². The van der Waals surface area contributed by atoms with Gasteiger partial charge in [-0.15, -0.1) is 0 Å². The minimum absolute atomic E-state index is 0.0585. The fourth-order valence-electron chi connectivity index (χ4n) is 3.85. The van der Waals surface area contributed by atoms with Gasteiger partial charge in [0.15, 0.2) is 0 Å². The highest BCUT2D eigenvalue weighted by molar-refractivity contribution is 7.89. The van der Waals surface area contributed by atoms with Crippen molar-refractivity contribution in [2.24, 2.45) is 0 Å². The molecule has 7 nitrogen and oxygen atoms in total. The van der Waals surface area contributed by atoms with E-state index in [0.29, 0.717) is 18.5 Å². The first-order valence-corrected chi connectivity index (χ1v) is 11.2. The molecule has 0 aromatic heterocycles. The SMILES string of the molecule is CNS(=O)(=O)c1ccc2c(c1)CCN2C(=O)c1cccc(CN2CCOCC2)c1. The van der Waals surface area contributed by atoms with Gasteiger partial charge in [-0.05, 0) is 54.9 Å². The Hall–Kier alpha value is -2.26. The second-order valence-electron chi connectivity index (χ2n) is 7.29. The third-order valence-electron chi connectivity index (χ3n) is 5.45. The summed E-state index contributed by atoms with van der Waals surface area (Å²) in [6.07, 6.45) is 0.640. The fourth-order valence-corrected chi connectivity index (χ4v) is 4.63. The molecule has 2 heterocycles. The Kier molecular flexibility index (Phi) is 5.69. The quantitative estimate of drug-likeness (QED) is 0.803. The van der Waals surface area contributed by atoms with Crippen LogP contribution in [-0.2, 0) is 27.7 Å². The molecule has 2 aliphatic rings. The number of amides is 1. The van der Waals surface area contributed by atoms with Crippen molar-refractivity contribution in [1.29, 1.82) is 0 Å². The predicted molar refractivity (Wildman–Crippen MR) is 111 cm³/mol. The number of hydrogen-bond acceptors (Lipinski definition) is 5. The summed E-state index contributed by atoms with van der Waals surface area (Å²) >= 11 is 0. The topological polar surface area (TPSA) is 79.0 Å². The lowest BCUT2D eigenvalue weighted by molar-refractivity contribution is 0.0342. The smallest absolute Gasteiger partial charge is 0.258 e. The average molecular weight is 416 g/mol. The van der Waals surface area contributed by atoms with Gasteiger partial charge in [-0.3, -0.25) is 9.69 Å². The molecule has 2 aliphatic heterocycles. The van der Waals surface area contributed by atoms with Crippen LogP contribution in [0.3, 0.4) is 0 Å². The monoisotopic (exact) mass is 415 g/mol. The van der Waals surface area contributed by atoms with Crippen LogP contribution in [-0.4, -0.2) is 59.1 Å². The van der Waals surface area contributed by atoms with E-state index in [1.54, 1.807) is 23.1 Å². The molecule has 0 spiro atoms. The number of ether oxygens (including phenoxy) is 1. The minimum Gasteiger partial charge on any atom is -0.379 e. The average Bonchev–Trinajstić information content (AvgIpc) is 3.17. The summed E-state index contributed by atoms with van der Waals surface area (Å²) in [6, 6.07) is 12.7. The summed E-state index contributed by atoms with van der Waals surface area (Å²) in [6.45, 7) is 4.63. The van der Waals surface area contributed by atoms with Crippen molar-refractivity contribution in [1.82, 2.24) is 9.62 Å². The molecule has 0 radical (unpaired) electrons. The maximum atomic E-state index is 13.2. The number of hydrogen-bond donors (Lipinski definition) is 1. The largest absolute Gasteiger partial charge is 0.379 e. The summed E-state index contributed by atoms with van der Waals surface area (Å²) in [5.41, 5.74) is 3.41. The van der Waals surface area contributed by atoms with Crippen molar-refractivity contribution in [2.75, 3.05) is 44.8 Å². The van der Waals surface area contributed by atoms with Crippen LogP contribution < -0.4 is 9.62 Å². The zero-order chi connectivity index (χ0) is 20.4. The summed E-state index contributed by atoms with van der Waals surface area (Å²) < 4.78 is 31.8. The van der Waals surface area contributed by atoms with E-state index >= 15 is 0 Å². The number of nitrogens with one attached hydrogen (secondary N) is 1. The molecule has 2 aromatic carbocycles. The van der Waals surface area contributed by atoms with E-state index < -0.39 is 10.0 Å². The Balaban J connectivity index is 1.53. The highest BCUT2D eigenvalue weighted by Gasteiger charge is 2.27. The zero-order valence-corrected chi connectivity index (χ0v) is 17.2. The third kappa shape index (κ3) is 4.20. The summed E-state index contributed by atoms with van der Waals surface area (Å²) in [7, 11) is -2.11. The van der Waals surface area contributed by atoms with Crippen LogP contribution in [0.25, 0.3) is 0 Å². The molecule has 1 saturated heterocycles. The fraction of sp³-hybridized carbons (Fsp3) is 0.381. The standard InChI is InChI=1S/C21H25N3O4S/c1-22-29(26,27)19-5-6-20-17(14-19)7-8-24(20)21(25)18-4-2-3-16(13-18)15-23-9-11-28-12-10-23/h2-6,13-14,22H,7-12,15H2,1H3. The molecule has 1 N–H and O–H groups in total. The van der Waals surface area contributed by atoms with E-state index in [4.69, 9.17) is 4.74 Å². The zero-order valence-electron chi connectivity index (χ0n) is 16.4. The van der Waals surface area contributed by atoms with Crippen LogP contribution >= 0.6 is 0 Å². The van der Waals surface area contributed by atoms with Gasteiger partial charge in [0.25, 0.3) is 5.91 Å². The minimum atomic E-state index is -3.50. The van der Waals surface area contributed by atoms with Gasteiger partial charge in [-0.2, -0.15) is 0 Å². The van der Waals surface area contributed by atoms with Gasteiger partial charge in [-0.1, -0.05) is 12.1 Å². The Bertz CT molecular complexity index is 1020. The molecule has 154 valence electrons. The lowest BCUT2D eigenvalue weighted by Gasteiger charge is -2.26. The van der Waals surface area contributed by atoms with Crippen LogP contribution in [0, 0.1) is 0 Å². The van der Waals surface area contributed by atoms with E-state index in [2.05, 4.69) is 9.62 Å². The molecule has 1 amide bonds. The first-order chi connectivity index (χ1) is 14.0. The number of nitrogens with zero attached hydrogens (tertiary/aromatic N) is 2. The number of fused-ring (bicyclic) bond motifs is 1. The van der Waals surface area contributed by atoms with Crippen LogP contribution in [0.4, 0.5) is 5.69 Å². The highest BCUT2D eigenvalue weighted by Crippen LogP contribution is 2.31. The van der Waals surface area contributed by atoms with Crippen LogP contribution in [0.15, 0.2) is 47.4 Å². The molecular formula is C21H25N3O4S. The summed E-state index contributed by atoms with van der Waals surface area (Å²) in [5, 5.41) is 0. The van der Waals surface area contributed by atoms with E-state index in [9.17, 15) is 13.2 Å². The molecule has 2 aromatic rings.